The molecular weight excluding hydrogens is 324 g/mol. The maximum absolute atomic E-state index is 5.39. The lowest BCUT2D eigenvalue weighted by atomic mass is 10.3. The van der Waals surface area contributed by atoms with Gasteiger partial charge in [-0.05, 0) is 48.5 Å². The van der Waals surface area contributed by atoms with Gasteiger partial charge in [-0.25, -0.2) is 4.68 Å². The lowest BCUT2D eigenvalue weighted by Crippen LogP contribution is -2.10. The average Bonchev–Trinajstić information content (AvgIpc) is 3.13. The second-order valence-corrected chi connectivity index (χ2v) is 5.34. The summed E-state index contributed by atoms with van der Waals surface area (Å²) < 4.78 is 11.9. The molecule has 6 nitrogen and oxygen atoms in total. The second kappa shape index (κ2) is 7.10. The van der Waals surface area contributed by atoms with E-state index >= 15 is 0 Å². The molecule has 1 heterocycles. The van der Waals surface area contributed by atoms with E-state index in [1.165, 1.54) is 0 Å². The van der Waals surface area contributed by atoms with Gasteiger partial charge < -0.3 is 14.8 Å². The predicted molar refractivity (Wildman–Crippen MR) is 96.2 cm³/mol. The van der Waals surface area contributed by atoms with Crippen molar-refractivity contribution in [3.63, 3.8) is 0 Å². The van der Waals surface area contributed by atoms with E-state index in [2.05, 4.69) is 15.6 Å². The number of aromatic nitrogens is 3. The molecule has 122 valence electrons. The number of hydrogen-bond acceptors (Lipinski definition) is 5. The molecule has 0 saturated carbocycles. The van der Waals surface area contributed by atoms with Gasteiger partial charge >= 0.3 is 0 Å². The topological polar surface area (TPSA) is 61.2 Å². The van der Waals surface area contributed by atoms with Crippen LogP contribution in [-0.2, 0) is 0 Å². The van der Waals surface area contributed by atoms with Gasteiger partial charge in [0.1, 0.15) is 22.2 Å². The van der Waals surface area contributed by atoms with Crippen LogP contribution in [0.15, 0.2) is 54.7 Å². The van der Waals surface area contributed by atoms with Crippen molar-refractivity contribution in [2.75, 3.05) is 19.5 Å². The number of nitrogens with zero attached hydrogens (tertiary/aromatic N) is 3. The Bertz CT molecular complexity index is 829. The minimum atomic E-state index is 0.500. The minimum absolute atomic E-state index is 0.500. The van der Waals surface area contributed by atoms with E-state index < -0.39 is 0 Å². The quantitative estimate of drug-likeness (QED) is 0.720. The highest BCUT2D eigenvalue weighted by molar-refractivity contribution is 7.81. The minimum Gasteiger partial charge on any atom is -0.497 e. The average molecular weight is 340 g/mol. The Morgan fingerprint density at radius 2 is 1.54 bits per heavy atom. The van der Waals surface area contributed by atoms with E-state index in [-0.39, 0.29) is 0 Å². The summed E-state index contributed by atoms with van der Waals surface area (Å²) in [6, 6.07) is 15.0. The van der Waals surface area contributed by atoms with Crippen LogP contribution in [-0.4, -0.2) is 34.2 Å². The van der Waals surface area contributed by atoms with Crippen LogP contribution in [0.4, 0.5) is 5.69 Å². The molecule has 1 aromatic heterocycles. The lowest BCUT2D eigenvalue weighted by molar-refractivity contribution is 0.414. The normalized spacial score (nSPS) is 10.2. The third-order valence-corrected chi connectivity index (χ3v) is 3.72. The number of methoxy groups -OCH3 is 2. The van der Waals surface area contributed by atoms with Crippen LogP contribution < -0.4 is 14.8 Å². The predicted octanol–water partition coefficient (Wildman–Crippen LogP) is 3.07. The summed E-state index contributed by atoms with van der Waals surface area (Å²) in [4.78, 5) is 0.500. The fourth-order valence-electron chi connectivity index (χ4n) is 2.10. The highest BCUT2D eigenvalue weighted by atomic mass is 32.1. The zero-order chi connectivity index (χ0) is 16.9. The summed E-state index contributed by atoms with van der Waals surface area (Å²) >= 11 is 5.39. The molecule has 7 heteroatoms. The second-order valence-electron chi connectivity index (χ2n) is 4.93. The van der Waals surface area contributed by atoms with Gasteiger partial charge in [0.25, 0.3) is 0 Å². The SMILES string of the molecule is COc1ccc(NC(=S)c2cn(-c3ccc(OC)cc3)nn2)cc1. The Balaban J connectivity index is 1.72. The maximum atomic E-state index is 5.39. The van der Waals surface area contributed by atoms with E-state index in [0.717, 1.165) is 22.9 Å². The molecule has 0 radical (unpaired) electrons. The van der Waals surface area contributed by atoms with Gasteiger partial charge in [-0.1, -0.05) is 17.4 Å². The van der Waals surface area contributed by atoms with Crippen LogP contribution in [0.25, 0.3) is 5.69 Å². The van der Waals surface area contributed by atoms with Crippen molar-refractivity contribution in [2.24, 2.45) is 0 Å². The van der Waals surface area contributed by atoms with E-state index in [9.17, 15) is 0 Å². The van der Waals surface area contributed by atoms with Crippen molar-refractivity contribution < 1.29 is 9.47 Å². The Morgan fingerprint density at radius 3 is 2.12 bits per heavy atom. The van der Waals surface area contributed by atoms with E-state index in [1.807, 2.05) is 48.5 Å². The summed E-state index contributed by atoms with van der Waals surface area (Å²) in [6.07, 6.45) is 1.78. The molecule has 1 N–H and O–H groups in total. The van der Waals surface area contributed by atoms with Crippen molar-refractivity contribution >= 4 is 22.9 Å². The Kier molecular flexibility index (Phi) is 4.72. The third-order valence-electron chi connectivity index (χ3n) is 3.41. The number of ether oxygens (including phenoxy) is 2. The van der Waals surface area contributed by atoms with Crippen LogP contribution in [0.5, 0.6) is 11.5 Å². The van der Waals surface area contributed by atoms with Gasteiger partial charge in [0, 0.05) is 5.69 Å². The Morgan fingerprint density at radius 1 is 0.958 bits per heavy atom. The molecule has 0 spiro atoms. The standard InChI is InChI=1S/C17H16N4O2S/c1-22-14-7-3-12(4-8-14)18-17(24)16-11-21(20-19-16)13-5-9-15(23-2)10-6-13/h3-11H,1-2H3,(H,18,24). The molecular formula is C17H16N4O2S. The Labute approximate surface area is 145 Å². The first-order valence-electron chi connectivity index (χ1n) is 7.22. The third kappa shape index (κ3) is 3.52. The molecule has 0 amide bonds. The van der Waals surface area contributed by atoms with E-state index in [4.69, 9.17) is 21.7 Å². The fourth-order valence-corrected chi connectivity index (χ4v) is 2.31. The summed E-state index contributed by atoms with van der Waals surface area (Å²) in [6.45, 7) is 0. The van der Waals surface area contributed by atoms with Crippen LogP contribution >= 0.6 is 12.2 Å². The molecule has 0 bridgehead atoms. The first-order valence-corrected chi connectivity index (χ1v) is 7.62. The maximum Gasteiger partial charge on any atom is 0.140 e. The molecule has 3 rings (SSSR count). The zero-order valence-electron chi connectivity index (χ0n) is 13.3. The molecule has 0 aliphatic heterocycles. The number of hydrogen-bond donors (Lipinski definition) is 1. The number of nitrogens with one attached hydrogen (secondary N) is 1. The molecule has 24 heavy (non-hydrogen) atoms. The van der Waals surface area contributed by atoms with Gasteiger partial charge in [0.05, 0.1) is 26.1 Å². The fraction of sp³-hybridized carbons (Fsp3) is 0.118. The Hall–Kier alpha value is -2.93. The van der Waals surface area contributed by atoms with Crippen molar-refractivity contribution in [1.82, 2.24) is 15.0 Å². The first kappa shape index (κ1) is 15.9. The van der Waals surface area contributed by atoms with Crippen molar-refractivity contribution in [3.8, 4) is 17.2 Å². The van der Waals surface area contributed by atoms with E-state index in [1.54, 1.807) is 25.1 Å². The monoisotopic (exact) mass is 340 g/mol. The van der Waals surface area contributed by atoms with E-state index in [0.29, 0.717) is 10.7 Å². The van der Waals surface area contributed by atoms with Crippen LogP contribution in [0, 0.1) is 0 Å². The molecule has 0 aliphatic rings. The summed E-state index contributed by atoms with van der Waals surface area (Å²) in [7, 11) is 3.26. The van der Waals surface area contributed by atoms with Crippen molar-refractivity contribution in [1.29, 1.82) is 0 Å². The number of thiocarbonyl (C=S) groups is 1. The van der Waals surface area contributed by atoms with Crippen molar-refractivity contribution in [2.45, 2.75) is 0 Å². The molecule has 0 saturated heterocycles. The van der Waals surface area contributed by atoms with Gasteiger partial charge in [-0.2, -0.15) is 0 Å². The number of anilines is 1. The summed E-state index contributed by atoms with van der Waals surface area (Å²) in [5.74, 6) is 1.58. The van der Waals surface area contributed by atoms with Crippen LogP contribution in [0.1, 0.15) is 5.69 Å². The number of rotatable bonds is 5. The summed E-state index contributed by atoms with van der Waals surface area (Å²) in [5, 5.41) is 11.4. The zero-order valence-corrected chi connectivity index (χ0v) is 14.1. The molecule has 2 aromatic carbocycles. The molecule has 0 fully saturated rings. The van der Waals surface area contributed by atoms with Crippen LogP contribution in [0.2, 0.25) is 0 Å². The highest BCUT2D eigenvalue weighted by Crippen LogP contribution is 2.17. The highest BCUT2D eigenvalue weighted by Gasteiger charge is 2.08. The lowest BCUT2D eigenvalue weighted by Gasteiger charge is -2.06. The largest absolute Gasteiger partial charge is 0.497 e. The first-order chi connectivity index (χ1) is 11.7. The number of benzene rings is 2. The summed E-state index contributed by atoms with van der Waals surface area (Å²) in [5.41, 5.74) is 2.33. The molecule has 3 aromatic rings. The molecule has 0 aliphatic carbocycles. The van der Waals surface area contributed by atoms with Gasteiger partial charge in [-0.3, -0.25) is 0 Å². The smallest absolute Gasteiger partial charge is 0.140 e. The van der Waals surface area contributed by atoms with Crippen LogP contribution in [0.3, 0.4) is 0 Å². The molecule has 0 unspecified atom stereocenters. The van der Waals surface area contributed by atoms with Gasteiger partial charge in [-0.15, -0.1) is 5.10 Å². The molecule has 0 atom stereocenters. The van der Waals surface area contributed by atoms with Gasteiger partial charge in [0.15, 0.2) is 0 Å². The van der Waals surface area contributed by atoms with Gasteiger partial charge in [0.2, 0.25) is 0 Å². The van der Waals surface area contributed by atoms with Crippen molar-refractivity contribution in [3.05, 3.63) is 60.4 Å².